The summed E-state index contributed by atoms with van der Waals surface area (Å²) in [6.45, 7) is 0. The Morgan fingerprint density at radius 3 is 3.06 bits per heavy atom. The van der Waals surface area contributed by atoms with Crippen LogP contribution in [0.3, 0.4) is 0 Å². The normalized spacial score (nSPS) is 32.2. The van der Waals surface area contributed by atoms with Gasteiger partial charge in [-0.2, -0.15) is 0 Å². The number of hydrogen-bond acceptors (Lipinski definition) is 1. The number of aromatic amines is 1. The van der Waals surface area contributed by atoms with Crippen molar-refractivity contribution < 1.29 is 0 Å². The highest BCUT2D eigenvalue weighted by Gasteiger charge is 2.48. The Morgan fingerprint density at radius 1 is 1.22 bits per heavy atom. The summed E-state index contributed by atoms with van der Waals surface area (Å²) >= 11 is 0. The molecular formula is C16H20N2. The number of hydrogen-bond donors (Lipinski definition) is 1. The molecule has 1 aromatic heterocycles. The third-order valence-corrected chi connectivity index (χ3v) is 5.33. The summed E-state index contributed by atoms with van der Waals surface area (Å²) in [7, 11) is 2.33. The fraction of sp³-hybridized carbons (Fsp3) is 0.500. The van der Waals surface area contributed by atoms with Gasteiger partial charge in [0.25, 0.3) is 0 Å². The summed E-state index contributed by atoms with van der Waals surface area (Å²) < 4.78 is 0. The Kier molecular flexibility index (Phi) is 2.13. The fourth-order valence-electron chi connectivity index (χ4n) is 4.31. The van der Waals surface area contributed by atoms with Crippen molar-refractivity contribution >= 4 is 10.9 Å². The molecule has 1 aromatic carbocycles. The lowest BCUT2D eigenvalue weighted by atomic mass is 9.82. The second-order valence-electron chi connectivity index (χ2n) is 5.98. The van der Waals surface area contributed by atoms with Crippen molar-refractivity contribution in [2.45, 2.75) is 43.7 Å². The van der Waals surface area contributed by atoms with Gasteiger partial charge in [0, 0.05) is 28.7 Å². The Hall–Kier alpha value is -1.28. The maximum Gasteiger partial charge on any atom is 0.0482 e. The molecule has 18 heavy (non-hydrogen) atoms. The SMILES string of the molecule is CN1[C@@H]2CCC[C@@]1(c1c[nH]c3ccccc13)CC2. The average molecular weight is 240 g/mol. The summed E-state index contributed by atoms with van der Waals surface area (Å²) in [5.41, 5.74) is 3.12. The number of para-hydroxylation sites is 1. The first kappa shape index (κ1) is 10.6. The molecule has 2 aromatic rings. The summed E-state index contributed by atoms with van der Waals surface area (Å²) in [5.74, 6) is 0. The second-order valence-corrected chi connectivity index (χ2v) is 5.98. The highest BCUT2D eigenvalue weighted by atomic mass is 15.2. The Labute approximate surface area is 108 Å². The van der Waals surface area contributed by atoms with E-state index in [0.717, 1.165) is 6.04 Å². The molecule has 0 spiro atoms. The highest BCUT2D eigenvalue weighted by molar-refractivity contribution is 5.84. The third-order valence-electron chi connectivity index (χ3n) is 5.33. The van der Waals surface area contributed by atoms with Gasteiger partial charge in [0.2, 0.25) is 0 Å². The lowest BCUT2D eigenvalue weighted by Crippen LogP contribution is -2.45. The first-order valence-corrected chi connectivity index (χ1v) is 7.11. The molecule has 0 saturated carbocycles. The van der Waals surface area contributed by atoms with Crippen molar-refractivity contribution in [3.8, 4) is 0 Å². The summed E-state index contributed by atoms with van der Waals surface area (Å²) in [4.78, 5) is 6.12. The zero-order chi connectivity index (χ0) is 12.2. The van der Waals surface area contributed by atoms with Gasteiger partial charge in [-0.1, -0.05) is 18.2 Å². The number of benzene rings is 1. The molecule has 1 N–H and O–H groups in total. The van der Waals surface area contributed by atoms with Crippen LogP contribution in [0, 0.1) is 0 Å². The van der Waals surface area contributed by atoms with Crippen molar-refractivity contribution in [3.05, 3.63) is 36.0 Å². The van der Waals surface area contributed by atoms with Crippen LogP contribution >= 0.6 is 0 Å². The van der Waals surface area contributed by atoms with E-state index in [2.05, 4.69) is 47.4 Å². The van der Waals surface area contributed by atoms with Crippen LogP contribution in [0.4, 0.5) is 0 Å². The lowest BCUT2D eigenvalue weighted by molar-refractivity contribution is 0.0818. The quantitative estimate of drug-likeness (QED) is 0.806. The molecule has 4 rings (SSSR count). The van der Waals surface area contributed by atoms with E-state index < -0.39 is 0 Å². The molecule has 2 atom stereocenters. The van der Waals surface area contributed by atoms with E-state index in [1.807, 2.05) is 0 Å². The van der Waals surface area contributed by atoms with Gasteiger partial charge in [-0.25, -0.2) is 0 Å². The molecule has 0 amide bonds. The largest absolute Gasteiger partial charge is 0.361 e. The van der Waals surface area contributed by atoms with Crippen LogP contribution < -0.4 is 0 Å². The van der Waals surface area contributed by atoms with E-state index >= 15 is 0 Å². The molecule has 2 saturated heterocycles. The molecular weight excluding hydrogens is 220 g/mol. The summed E-state index contributed by atoms with van der Waals surface area (Å²) in [5, 5.41) is 1.42. The third kappa shape index (κ3) is 1.22. The zero-order valence-corrected chi connectivity index (χ0v) is 10.9. The van der Waals surface area contributed by atoms with Crippen LogP contribution in [0.2, 0.25) is 0 Å². The molecule has 2 aliphatic rings. The van der Waals surface area contributed by atoms with Crippen LogP contribution in [-0.4, -0.2) is 23.0 Å². The van der Waals surface area contributed by atoms with Gasteiger partial charge in [-0.3, -0.25) is 4.90 Å². The molecule has 2 heteroatoms. The number of piperidine rings is 1. The van der Waals surface area contributed by atoms with Gasteiger partial charge in [0.1, 0.15) is 0 Å². The Morgan fingerprint density at radius 2 is 2.11 bits per heavy atom. The number of rotatable bonds is 1. The Bertz CT molecular complexity index is 582. The van der Waals surface area contributed by atoms with Crippen molar-refractivity contribution in [2.24, 2.45) is 0 Å². The van der Waals surface area contributed by atoms with Crippen LogP contribution in [-0.2, 0) is 5.54 Å². The van der Waals surface area contributed by atoms with Gasteiger partial charge in [0.05, 0.1) is 0 Å². The van der Waals surface area contributed by atoms with Crippen LogP contribution in [0.15, 0.2) is 30.5 Å². The average Bonchev–Trinajstić information content (AvgIpc) is 2.87. The van der Waals surface area contributed by atoms with Gasteiger partial charge >= 0.3 is 0 Å². The monoisotopic (exact) mass is 240 g/mol. The molecule has 2 bridgehead atoms. The minimum Gasteiger partial charge on any atom is -0.361 e. The maximum atomic E-state index is 3.46. The first-order valence-electron chi connectivity index (χ1n) is 7.11. The standard InChI is InChI=1S/C16H20N2/c1-18-12-5-4-9-16(18,10-8-12)14-11-17-15-7-3-2-6-13(14)15/h2-3,6-7,11-12,17H,4-5,8-10H2,1H3/t12-,16+/m1/s1. The highest BCUT2D eigenvalue weighted by Crippen LogP contribution is 2.51. The van der Waals surface area contributed by atoms with Gasteiger partial charge < -0.3 is 4.98 Å². The van der Waals surface area contributed by atoms with Crippen LogP contribution in [0.5, 0.6) is 0 Å². The van der Waals surface area contributed by atoms with Crippen molar-refractivity contribution in [1.29, 1.82) is 0 Å². The number of nitrogens with one attached hydrogen (secondary N) is 1. The van der Waals surface area contributed by atoms with Crippen molar-refractivity contribution in [3.63, 3.8) is 0 Å². The molecule has 0 unspecified atom stereocenters. The smallest absolute Gasteiger partial charge is 0.0482 e. The number of H-pyrrole nitrogens is 1. The first-order chi connectivity index (χ1) is 8.81. The summed E-state index contributed by atoms with van der Waals surface area (Å²) in [6.07, 6.45) is 9.05. The fourth-order valence-corrected chi connectivity index (χ4v) is 4.31. The summed E-state index contributed by atoms with van der Waals surface area (Å²) in [6, 6.07) is 9.54. The molecule has 94 valence electrons. The minimum absolute atomic E-state index is 0.308. The van der Waals surface area contributed by atoms with E-state index in [9.17, 15) is 0 Å². The molecule has 2 fully saturated rings. The van der Waals surface area contributed by atoms with E-state index in [1.165, 1.54) is 48.6 Å². The molecule has 0 aliphatic carbocycles. The van der Waals surface area contributed by atoms with E-state index in [4.69, 9.17) is 0 Å². The molecule has 0 radical (unpaired) electrons. The van der Waals surface area contributed by atoms with Crippen molar-refractivity contribution in [1.82, 2.24) is 9.88 Å². The van der Waals surface area contributed by atoms with Gasteiger partial charge in [-0.15, -0.1) is 0 Å². The zero-order valence-electron chi connectivity index (χ0n) is 10.9. The van der Waals surface area contributed by atoms with Crippen LogP contribution in [0.25, 0.3) is 10.9 Å². The Balaban J connectivity index is 1.91. The second kappa shape index (κ2) is 3.61. The van der Waals surface area contributed by atoms with Gasteiger partial charge in [-0.05, 0) is 50.8 Å². The van der Waals surface area contributed by atoms with Gasteiger partial charge in [0.15, 0.2) is 0 Å². The molecule has 3 heterocycles. The number of aromatic nitrogens is 1. The predicted octanol–water partition coefficient (Wildman–Crippen LogP) is 3.64. The van der Waals surface area contributed by atoms with E-state index in [1.54, 1.807) is 0 Å². The maximum absolute atomic E-state index is 3.46. The van der Waals surface area contributed by atoms with Crippen LogP contribution in [0.1, 0.15) is 37.7 Å². The topological polar surface area (TPSA) is 19.0 Å². The van der Waals surface area contributed by atoms with E-state index in [-0.39, 0.29) is 0 Å². The number of fused-ring (bicyclic) bond motifs is 3. The lowest BCUT2D eigenvalue weighted by Gasteiger charge is -2.42. The molecule has 2 nitrogen and oxygen atoms in total. The minimum atomic E-state index is 0.308. The van der Waals surface area contributed by atoms with Crippen molar-refractivity contribution in [2.75, 3.05) is 7.05 Å². The predicted molar refractivity (Wildman–Crippen MR) is 74.6 cm³/mol. The van der Waals surface area contributed by atoms with E-state index in [0.29, 0.717) is 5.54 Å². The molecule has 2 aliphatic heterocycles. The number of nitrogens with zero attached hydrogens (tertiary/aromatic N) is 1.